The van der Waals surface area contributed by atoms with E-state index in [0.717, 1.165) is 28.4 Å². The highest BCUT2D eigenvalue weighted by atomic mass is 79.9. The average Bonchev–Trinajstić information content (AvgIpc) is 2.37. The quantitative estimate of drug-likeness (QED) is 0.879. The second kappa shape index (κ2) is 6.77. The summed E-state index contributed by atoms with van der Waals surface area (Å²) in [6.07, 6.45) is 3.16. The Hall–Kier alpha value is -0.430. The van der Waals surface area contributed by atoms with Crippen LogP contribution in [0.25, 0.3) is 0 Å². The molecular weight excluding hydrogens is 354 g/mol. The smallest absolute Gasteiger partial charge is 0.211 e. The van der Waals surface area contributed by atoms with Gasteiger partial charge < -0.3 is 5.11 Å². The summed E-state index contributed by atoms with van der Waals surface area (Å²) in [6.45, 7) is 3.10. The van der Waals surface area contributed by atoms with Gasteiger partial charge in [0.1, 0.15) is 0 Å². The van der Waals surface area contributed by atoms with Gasteiger partial charge in [-0.25, -0.2) is 12.7 Å². The molecule has 1 aliphatic heterocycles. The van der Waals surface area contributed by atoms with Crippen LogP contribution in [0.2, 0.25) is 0 Å². The SMILES string of the molecule is Cc1cc(Br)ccc1C(O)CC1CCCN(S(C)(=O)=O)C1. The number of hydrogen-bond donors (Lipinski definition) is 1. The number of aryl methyl sites for hydroxylation is 1. The lowest BCUT2D eigenvalue weighted by Crippen LogP contribution is -2.39. The second-order valence-electron chi connectivity index (χ2n) is 5.88. The van der Waals surface area contributed by atoms with Gasteiger partial charge in [-0.05, 0) is 55.4 Å². The van der Waals surface area contributed by atoms with Crippen LogP contribution in [0.15, 0.2) is 22.7 Å². The minimum Gasteiger partial charge on any atom is -0.388 e. The molecule has 1 N–H and O–H groups in total. The molecule has 21 heavy (non-hydrogen) atoms. The van der Waals surface area contributed by atoms with E-state index in [1.807, 2.05) is 25.1 Å². The van der Waals surface area contributed by atoms with Crippen LogP contribution in [0.4, 0.5) is 0 Å². The maximum atomic E-state index is 11.6. The Balaban J connectivity index is 2.03. The number of nitrogens with zero attached hydrogens (tertiary/aromatic N) is 1. The highest BCUT2D eigenvalue weighted by Crippen LogP contribution is 2.30. The number of sulfonamides is 1. The van der Waals surface area contributed by atoms with E-state index in [9.17, 15) is 13.5 Å². The topological polar surface area (TPSA) is 57.6 Å². The predicted octanol–water partition coefficient (Wildman–Crippen LogP) is 2.85. The van der Waals surface area contributed by atoms with Crippen LogP contribution in [0.1, 0.15) is 36.5 Å². The van der Waals surface area contributed by atoms with Crippen molar-refractivity contribution in [2.75, 3.05) is 19.3 Å². The Kier molecular flexibility index (Phi) is 5.46. The molecule has 2 atom stereocenters. The molecule has 6 heteroatoms. The van der Waals surface area contributed by atoms with E-state index in [1.54, 1.807) is 0 Å². The lowest BCUT2D eigenvalue weighted by molar-refractivity contribution is 0.122. The molecular formula is C15H22BrNO3S. The third kappa shape index (κ3) is 4.52. The molecule has 1 saturated heterocycles. The fraction of sp³-hybridized carbons (Fsp3) is 0.600. The molecule has 118 valence electrons. The molecule has 2 rings (SSSR count). The van der Waals surface area contributed by atoms with Crippen molar-refractivity contribution in [1.82, 2.24) is 4.31 Å². The van der Waals surface area contributed by atoms with Crippen molar-refractivity contribution in [3.05, 3.63) is 33.8 Å². The van der Waals surface area contributed by atoms with Crippen molar-refractivity contribution >= 4 is 26.0 Å². The third-order valence-corrected chi connectivity index (χ3v) is 5.86. The van der Waals surface area contributed by atoms with Gasteiger partial charge in [0.25, 0.3) is 0 Å². The second-order valence-corrected chi connectivity index (χ2v) is 8.78. The number of hydrogen-bond acceptors (Lipinski definition) is 3. The zero-order chi connectivity index (χ0) is 15.6. The lowest BCUT2D eigenvalue weighted by atomic mass is 9.90. The number of rotatable bonds is 4. The Morgan fingerprint density at radius 3 is 2.81 bits per heavy atom. The zero-order valence-corrected chi connectivity index (χ0v) is 14.8. The molecule has 0 spiro atoms. The summed E-state index contributed by atoms with van der Waals surface area (Å²) in [5, 5.41) is 10.5. The lowest BCUT2D eigenvalue weighted by Gasteiger charge is -2.32. The molecule has 0 bridgehead atoms. The molecule has 4 nitrogen and oxygen atoms in total. The summed E-state index contributed by atoms with van der Waals surface area (Å²) in [5.74, 6) is 0.214. The maximum Gasteiger partial charge on any atom is 0.211 e. The number of aliphatic hydroxyl groups excluding tert-OH is 1. The summed E-state index contributed by atoms with van der Waals surface area (Å²) in [4.78, 5) is 0. The number of benzene rings is 1. The van der Waals surface area contributed by atoms with Crippen molar-refractivity contribution in [3.8, 4) is 0 Å². The van der Waals surface area contributed by atoms with Gasteiger partial charge in [-0.15, -0.1) is 0 Å². The van der Waals surface area contributed by atoms with E-state index in [1.165, 1.54) is 10.6 Å². The Labute approximate surface area is 135 Å². The third-order valence-electron chi connectivity index (χ3n) is 4.10. The summed E-state index contributed by atoms with van der Waals surface area (Å²) in [7, 11) is -3.13. The summed E-state index contributed by atoms with van der Waals surface area (Å²) in [5.41, 5.74) is 1.97. The van der Waals surface area contributed by atoms with Gasteiger partial charge in [0.2, 0.25) is 10.0 Å². The number of piperidine rings is 1. The fourth-order valence-electron chi connectivity index (χ4n) is 2.98. The molecule has 1 heterocycles. The van der Waals surface area contributed by atoms with Crippen LogP contribution in [0, 0.1) is 12.8 Å². The minimum atomic E-state index is -3.13. The first-order chi connectivity index (χ1) is 9.77. The minimum absolute atomic E-state index is 0.214. The summed E-state index contributed by atoms with van der Waals surface area (Å²) < 4.78 is 25.8. The van der Waals surface area contributed by atoms with E-state index < -0.39 is 16.1 Å². The van der Waals surface area contributed by atoms with Crippen LogP contribution in [0.5, 0.6) is 0 Å². The first-order valence-electron chi connectivity index (χ1n) is 7.16. The molecule has 1 aromatic rings. The Morgan fingerprint density at radius 2 is 2.19 bits per heavy atom. The van der Waals surface area contributed by atoms with Gasteiger partial charge in [0.05, 0.1) is 12.4 Å². The van der Waals surface area contributed by atoms with Crippen molar-refractivity contribution in [3.63, 3.8) is 0 Å². The molecule has 0 saturated carbocycles. The zero-order valence-electron chi connectivity index (χ0n) is 12.4. The van der Waals surface area contributed by atoms with Crippen molar-refractivity contribution in [2.45, 2.75) is 32.3 Å². The van der Waals surface area contributed by atoms with Crippen LogP contribution >= 0.6 is 15.9 Å². The first-order valence-corrected chi connectivity index (χ1v) is 9.80. The largest absolute Gasteiger partial charge is 0.388 e. The molecule has 1 fully saturated rings. The molecule has 1 aromatic carbocycles. The van der Waals surface area contributed by atoms with Gasteiger partial charge in [0.15, 0.2) is 0 Å². The van der Waals surface area contributed by atoms with Gasteiger partial charge in [-0.2, -0.15) is 0 Å². The molecule has 0 aromatic heterocycles. The molecule has 1 aliphatic rings. The summed E-state index contributed by atoms with van der Waals surface area (Å²) >= 11 is 3.42. The van der Waals surface area contributed by atoms with Gasteiger partial charge in [0, 0.05) is 17.6 Å². The van der Waals surface area contributed by atoms with Crippen molar-refractivity contribution in [1.29, 1.82) is 0 Å². The van der Waals surface area contributed by atoms with Crippen LogP contribution < -0.4 is 0 Å². The number of aliphatic hydroxyl groups is 1. The summed E-state index contributed by atoms with van der Waals surface area (Å²) in [6, 6.07) is 5.85. The monoisotopic (exact) mass is 375 g/mol. The standard InChI is InChI=1S/C15H22BrNO3S/c1-11-8-13(16)5-6-14(11)15(18)9-12-4-3-7-17(10-12)21(2,19)20/h5-6,8,12,15,18H,3-4,7,9-10H2,1-2H3. The van der Waals surface area contributed by atoms with Gasteiger partial charge in [-0.1, -0.05) is 22.0 Å². The maximum absolute atomic E-state index is 11.6. The molecule has 0 radical (unpaired) electrons. The van der Waals surface area contributed by atoms with Crippen LogP contribution in [0.3, 0.4) is 0 Å². The highest BCUT2D eigenvalue weighted by Gasteiger charge is 2.27. The Morgan fingerprint density at radius 1 is 1.48 bits per heavy atom. The van der Waals surface area contributed by atoms with Crippen LogP contribution in [-0.4, -0.2) is 37.2 Å². The van der Waals surface area contributed by atoms with E-state index in [2.05, 4.69) is 15.9 Å². The van der Waals surface area contributed by atoms with E-state index in [-0.39, 0.29) is 5.92 Å². The van der Waals surface area contributed by atoms with Crippen molar-refractivity contribution < 1.29 is 13.5 Å². The Bertz CT molecular complexity index is 603. The van der Waals surface area contributed by atoms with E-state index >= 15 is 0 Å². The molecule has 2 unspecified atom stereocenters. The normalized spacial score (nSPS) is 22.2. The molecule has 0 amide bonds. The number of halogens is 1. The fourth-order valence-corrected chi connectivity index (χ4v) is 4.39. The van der Waals surface area contributed by atoms with Gasteiger partial charge >= 0.3 is 0 Å². The average molecular weight is 376 g/mol. The van der Waals surface area contributed by atoms with Gasteiger partial charge in [-0.3, -0.25) is 0 Å². The van der Waals surface area contributed by atoms with Crippen LogP contribution in [-0.2, 0) is 10.0 Å². The van der Waals surface area contributed by atoms with E-state index in [4.69, 9.17) is 0 Å². The first kappa shape index (κ1) is 16.9. The predicted molar refractivity (Wildman–Crippen MR) is 87.6 cm³/mol. The van der Waals surface area contributed by atoms with E-state index in [0.29, 0.717) is 19.5 Å². The van der Waals surface area contributed by atoms with Crippen molar-refractivity contribution in [2.24, 2.45) is 5.92 Å². The highest BCUT2D eigenvalue weighted by molar-refractivity contribution is 9.10. The molecule has 0 aliphatic carbocycles.